The molecule has 1 unspecified atom stereocenters. The number of benzene rings is 1. The van der Waals surface area contributed by atoms with E-state index in [1.54, 1.807) is 35.4 Å². The molecule has 7 nitrogen and oxygen atoms in total. The predicted molar refractivity (Wildman–Crippen MR) is 112 cm³/mol. The van der Waals surface area contributed by atoms with Crippen LogP contribution in [0.5, 0.6) is 0 Å². The number of nitrogens with zero attached hydrogens (tertiary/aromatic N) is 4. The summed E-state index contributed by atoms with van der Waals surface area (Å²) < 4.78 is 0. The Bertz CT molecular complexity index is 1000. The zero-order valence-electron chi connectivity index (χ0n) is 15.5. The predicted octanol–water partition coefficient (Wildman–Crippen LogP) is 2.76. The number of thioether (sulfide) groups is 1. The lowest BCUT2D eigenvalue weighted by molar-refractivity contribution is -0.132. The molecule has 1 aromatic carbocycles. The van der Waals surface area contributed by atoms with E-state index >= 15 is 0 Å². The van der Waals surface area contributed by atoms with E-state index < -0.39 is 5.25 Å². The Kier molecular flexibility index (Phi) is 5.60. The Morgan fingerprint density at radius 2 is 2.10 bits per heavy atom. The molecule has 0 bridgehead atoms. The minimum atomic E-state index is -0.463. The first-order valence-corrected chi connectivity index (χ1v) is 10.5. The van der Waals surface area contributed by atoms with Crippen LogP contribution in [-0.4, -0.2) is 53.1 Å². The van der Waals surface area contributed by atoms with Crippen molar-refractivity contribution in [3.63, 3.8) is 0 Å². The minimum Gasteiger partial charge on any atom is -0.352 e. The normalized spacial score (nSPS) is 18.6. The fourth-order valence-electron chi connectivity index (χ4n) is 3.45. The number of nitrogens with one attached hydrogen (secondary N) is 1. The van der Waals surface area contributed by atoms with E-state index in [0.29, 0.717) is 48.3 Å². The molecule has 2 amide bonds. The van der Waals surface area contributed by atoms with Crippen LogP contribution in [0.15, 0.2) is 41.4 Å². The topological polar surface area (TPSA) is 89.3 Å². The van der Waals surface area contributed by atoms with Crippen molar-refractivity contribution >= 4 is 46.7 Å². The van der Waals surface area contributed by atoms with Gasteiger partial charge in [0.1, 0.15) is 11.9 Å². The van der Waals surface area contributed by atoms with E-state index in [1.807, 2.05) is 11.0 Å². The number of halogens is 1. The first-order chi connectivity index (χ1) is 14.0. The number of rotatable bonds is 3. The number of carbonyl (C=O) groups is 2. The van der Waals surface area contributed by atoms with Gasteiger partial charge < -0.3 is 15.1 Å². The smallest absolute Gasteiger partial charge is 0.238 e. The Balaban J connectivity index is 1.36. The molecule has 4 rings (SSSR count). The quantitative estimate of drug-likeness (QED) is 0.810. The summed E-state index contributed by atoms with van der Waals surface area (Å²) in [5.41, 5.74) is 1.22. The first kappa shape index (κ1) is 19.6. The third-order valence-electron chi connectivity index (χ3n) is 4.96. The van der Waals surface area contributed by atoms with Gasteiger partial charge in [0.05, 0.1) is 16.5 Å². The third kappa shape index (κ3) is 4.16. The van der Waals surface area contributed by atoms with Crippen LogP contribution in [0.4, 0.5) is 11.5 Å². The third-order valence-corrected chi connectivity index (χ3v) is 6.47. The molecule has 1 atom stereocenters. The molecule has 0 spiro atoms. The number of nitriles is 1. The van der Waals surface area contributed by atoms with Crippen molar-refractivity contribution in [2.75, 3.05) is 36.4 Å². The monoisotopic (exact) mass is 427 g/mol. The second-order valence-corrected chi connectivity index (χ2v) is 8.48. The van der Waals surface area contributed by atoms with Gasteiger partial charge in [-0.3, -0.25) is 9.59 Å². The first-order valence-electron chi connectivity index (χ1n) is 9.20. The molecule has 9 heteroatoms. The molecule has 1 N–H and O–H groups in total. The highest BCUT2D eigenvalue weighted by Crippen LogP contribution is 2.38. The molecule has 0 radical (unpaired) electrons. The Morgan fingerprint density at radius 1 is 1.31 bits per heavy atom. The van der Waals surface area contributed by atoms with Gasteiger partial charge in [-0.15, -0.1) is 11.8 Å². The number of carbonyl (C=O) groups excluding carboxylic acids is 2. The van der Waals surface area contributed by atoms with Gasteiger partial charge in [-0.1, -0.05) is 11.6 Å². The number of amides is 2. The van der Waals surface area contributed by atoms with Crippen LogP contribution in [0.3, 0.4) is 0 Å². The maximum atomic E-state index is 12.8. The molecule has 0 saturated carbocycles. The van der Waals surface area contributed by atoms with Gasteiger partial charge in [0.2, 0.25) is 11.8 Å². The van der Waals surface area contributed by atoms with Crippen molar-refractivity contribution in [3.8, 4) is 6.07 Å². The summed E-state index contributed by atoms with van der Waals surface area (Å²) in [6.45, 7) is 2.27. The van der Waals surface area contributed by atoms with Crippen molar-refractivity contribution in [1.29, 1.82) is 5.26 Å². The molecule has 2 aromatic rings. The van der Waals surface area contributed by atoms with Crippen LogP contribution < -0.4 is 10.2 Å². The Hall–Kier alpha value is -2.76. The van der Waals surface area contributed by atoms with Crippen molar-refractivity contribution < 1.29 is 9.59 Å². The number of pyridine rings is 1. The molecule has 1 fully saturated rings. The van der Waals surface area contributed by atoms with E-state index in [-0.39, 0.29) is 18.2 Å². The summed E-state index contributed by atoms with van der Waals surface area (Å²) in [6.07, 6.45) is 1.81. The molecule has 2 aliphatic heterocycles. The zero-order chi connectivity index (χ0) is 20.4. The van der Waals surface area contributed by atoms with E-state index in [2.05, 4.69) is 16.4 Å². The van der Waals surface area contributed by atoms with Crippen LogP contribution in [-0.2, 0) is 9.59 Å². The molecular formula is C20H18ClN5O2S. The maximum absolute atomic E-state index is 12.8. The average molecular weight is 428 g/mol. The van der Waals surface area contributed by atoms with E-state index in [1.165, 1.54) is 11.8 Å². The second kappa shape index (κ2) is 8.31. The number of anilines is 2. The standard InChI is InChI=1S/C20H18ClN5O2S/c21-14-3-4-16-15(10-14)24-20(28)17(29-16)11-18(27)25-6-8-26(9-7-25)19-13(12-22)2-1-5-23-19/h1-5,10,17H,6-9,11H2,(H,24,28). The van der Waals surface area contributed by atoms with Gasteiger partial charge in [-0.05, 0) is 30.3 Å². The van der Waals surface area contributed by atoms with Gasteiger partial charge in [-0.25, -0.2) is 4.98 Å². The molecule has 1 saturated heterocycles. The Morgan fingerprint density at radius 3 is 2.86 bits per heavy atom. The second-order valence-electron chi connectivity index (χ2n) is 6.79. The van der Waals surface area contributed by atoms with E-state index in [0.717, 1.165) is 4.90 Å². The Labute approximate surface area is 177 Å². The van der Waals surface area contributed by atoms with Gasteiger partial charge >= 0.3 is 0 Å². The lowest BCUT2D eigenvalue weighted by Crippen LogP contribution is -2.50. The molecule has 3 heterocycles. The largest absolute Gasteiger partial charge is 0.352 e. The molecule has 29 heavy (non-hydrogen) atoms. The van der Waals surface area contributed by atoms with Gasteiger partial charge in [-0.2, -0.15) is 5.26 Å². The summed E-state index contributed by atoms with van der Waals surface area (Å²) in [4.78, 5) is 34.2. The summed E-state index contributed by atoms with van der Waals surface area (Å²) in [6, 6.07) is 11.0. The summed E-state index contributed by atoms with van der Waals surface area (Å²) in [5.74, 6) is 0.430. The van der Waals surface area contributed by atoms with Crippen LogP contribution in [0, 0.1) is 11.3 Å². The summed E-state index contributed by atoms with van der Waals surface area (Å²) in [5, 5.41) is 12.2. The lowest BCUT2D eigenvalue weighted by Gasteiger charge is -2.36. The minimum absolute atomic E-state index is 0.0451. The zero-order valence-corrected chi connectivity index (χ0v) is 17.0. The van der Waals surface area contributed by atoms with Crippen molar-refractivity contribution in [2.24, 2.45) is 0 Å². The van der Waals surface area contributed by atoms with E-state index in [4.69, 9.17) is 11.6 Å². The average Bonchev–Trinajstić information content (AvgIpc) is 2.74. The highest BCUT2D eigenvalue weighted by molar-refractivity contribution is 8.01. The van der Waals surface area contributed by atoms with Crippen molar-refractivity contribution in [2.45, 2.75) is 16.6 Å². The number of piperazine rings is 1. The number of aromatic nitrogens is 1. The fourth-order valence-corrected chi connectivity index (χ4v) is 4.70. The maximum Gasteiger partial charge on any atom is 0.238 e. The SMILES string of the molecule is N#Cc1cccnc1N1CCN(C(=O)CC2Sc3ccc(Cl)cc3NC2=O)CC1. The molecule has 2 aliphatic rings. The summed E-state index contributed by atoms with van der Waals surface area (Å²) >= 11 is 7.37. The molecule has 0 aliphatic carbocycles. The lowest BCUT2D eigenvalue weighted by atomic mass is 10.2. The summed E-state index contributed by atoms with van der Waals surface area (Å²) in [7, 11) is 0. The van der Waals surface area contributed by atoms with Crippen LogP contribution in [0.2, 0.25) is 5.02 Å². The van der Waals surface area contributed by atoms with Crippen LogP contribution >= 0.6 is 23.4 Å². The molecular weight excluding hydrogens is 410 g/mol. The van der Waals surface area contributed by atoms with Crippen LogP contribution in [0.1, 0.15) is 12.0 Å². The highest BCUT2D eigenvalue weighted by Gasteiger charge is 2.32. The van der Waals surface area contributed by atoms with E-state index in [9.17, 15) is 14.9 Å². The molecule has 148 valence electrons. The highest BCUT2D eigenvalue weighted by atomic mass is 35.5. The van der Waals surface area contributed by atoms with Gasteiger partial charge in [0.25, 0.3) is 0 Å². The van der Waals surface area contributed by atoms with Crippen molar-refractivity contribution in [1.82, 2.24) is 9.88 Å². The van der Waals surface area contributed by atoms with Crippen LogP contribution in [0.25, 0.3) is 0 Å². The fraction of sp³-hybridized carbons (Fsp3) is 0.300. The van der Waals surface area contributed by atoms with Gasteiger partial charge in [0.15, 0.2) is 0 Å². The molecule has 1 aromatic heterocycles. The van der Waals surface area contributed by atoms with Gasteiger partial charge in [0, 0.05) is 48.7 Å². The number of hydrogen-bond donors (Lipinski definition) is 1. The number of fused-ring (bicyclic) bond motifs is 1. The van der Waals surface area contributed by atoms with Crippen molar-refractivity contribution in [3.05, 3.63) is 47.1 Å². The number of hydrogen-bond acceptors (Lipinski definition) is 6.